The summed E-state index contributed by atoms with van der Waals surface area (Å²) in [6, 6.07) is 0.111. The molecule has 2 N–H and O–H groups in total. The smallest absolute Gasteiger partial charge is 0.0957 e. The second kappa shape index (κ2) is 6.12. The van der Waals surface area contributed by atoms with Gasteiger partial charge >= 0.3 is 0 Å². The third-order valence-corrected chi connectivity index (χ3v) is 3.07. The molecule has 3 nitrogen and oxygen atoms in total. The van der Waals surface area contributed by atoms with E-state index in [1.807, 2.05) is 13.0 Å². The highest BCUT2D eigenvalue weighted by molar-refractivity contribution is 5.80. The van der Waals surface area contributed by atoms with Gasteiger partial charge in [-0.05, 0) is 24.3 Å². The molecule has 0 bridgehead atoms. The molecule has 0 aromatic rings. The van der Waals surface area contributed by atoms with E-state index in [9.17, 15) is 5.11 Å². The Morgan fingerprint density at radius 2 is 2.35 bits per heavy atom. The van der Waals surface area contributed by atoms with Crippen molar-refractivity contribution >= 4 is 6.21 Å². The Labute approximate surface area is 104 Å². The van der Waals surface area contributed by atoms with Crippen molar-refractivity contribution in [1.82, 2.24) is 5.32 Å². The quantitative estimate of drug-likeness (QED) is 0.566. The topological polar surface area (TPSA) is 44.6 Å². The maximum Gasteiger partial charge on any atom is 0.0957 e. The van der Waals surface area contributed by atoms with Gasteiger partial charge in [-0.25, -0.2) is 0 Å². The van der Waals surface area contributed by atoms with Crippen molar-refractivity contribution in [3.63, 3.8) is 0 Å². The van der Waals surface area contributed by atoms with Crippen molar-refractivity contribution in [3.8, 4) is 0 Å². The van der Waals surface area contributed by atoms with Gasteiger partial charge in [0.25, 0.3) is 0 Å². The summed E-state index contributed by atoms with van der Waals surface area (Å²) < 4.78 is 0. The molecule has 3 heteroatoms. The molecule has 1 rings (SSSR count). The maximum absolute atomic E-state index is 10.3. The van der Waals surface area contributed by atoms with Crippen LogP contribution in [0.4, 0.5) is 0 Å². The standard InChI is InChI=1S/C14H24N2O/c1-5-7-11(9-15-6-2)13(17)12-8-14(3,4)10-16-12/h5,7,9,12-13,16-17H,1,6,8,10H2,2-4H3/b11-7+,15-9-. The van der Waals surface area contributed by atoms with Crippen LogP contribution in [0.25, 0.3) is 0 Å². The molecular formula is C14H24N2O. The van der Waals surface area contributed by atoms with Crippen molar-refractivity contribution in [2.24, 2.45) is 10.4 Å². The molecule has 0 aromatic carbocycles. The Morgan fingerprint density at radius 3 is 2.82 bits per heavy atom. The van der Waals surface area contributed by atoms with Gasteiger partial charge in [-0.15, -0.1) is 0 Å². The van der Waals surface area contributed by atoms with Crippen LogP contribution in [0.1, 0.15) is 27.2 Å². The van der Waals surface area contributed by atoms with E-state index in [0.717, 1.165) is 25.1 Å². The first kappa shape index (κ1) is 14.1. The molecule has 1 aliphatic heterocycles. The predicted octanol–water partition coefficient (Wildman–Crippen LogP) is 1.94. The molecular weight excluding hydrogens is 212 g/mol. The van der Waals surface area contributed by atoms with Gasteiger partial charge in [0.15, 0.2) is 0 Å². The summed E-state index contributed by atoms with van der Waals surface area (Å²) in [6.07, 6.45) is 5.74. The first-order valence-electron chi connectivity index (χ1n) is 6.24. The van der Waals surface area contributed by atoms with Crippen LogP contribution in [0.2, 0.25) is 0 Å². The average Bonchev–Trinajstić information content (AvgIpc) is 2.64. The second-order valence-corrected chi connectivity index (χ2v) is 5.33. The lowest BCUT2D eigenvalue weighted by molar-refractivity contribution is 0.171. The molecule has 0 saturated carbocycles. The zero-order valence-corrected chi connectivity index (χ0v) is 11.1. The average molecular weight is 236 g/mol. The van der Waals surface area contributed by atoms with Crippen LogP contribution >= 0.6 is 0 Å². The van der Waals surface area contributed by atoms with Crippen molar-refractivity contribution < 1.29 is 5.11 Å². The normalized spacial score (nSPS) is 26.4. The van der Waals surface area contributed by atoms with E-state index in [2.05, 4.69) is 30.7 Å². The van der Waals surface area contributed by atoms with Crippen LogP contribution in [0, 0.1) is 5.41 Å². The van der Waals surface area contributed by atoms with Crippen LogP contribution in [-0.4, -0.2) is 36.6 Å². The van der Waals surface area contributed by atoms with Crippen LogP contribution in [0.3, 0.4) is 0 Å². The van der Waals surface area contributed by atoms with Crippen LogP contribution < -0.4 is 5.32 Å². The molecule has 2 atom stereocenters. The second-order valence-electron chi connectivity index (χ2n) is 5.33. The lowest BCUT2D eigenvalue weighted by atomic mass is 9.88. The van der Waals surface area contributed by atoms with Crippen molar-refractivity contribution in [2.45, 2.75) is 39.3 Å². The predicted molar refractivity (Wildman–Crippen MR) is 73.5 cm³/mol. The highest BCUT2D eigenvalue weighted by Gasteiger charge is 2.35. The van der Waals surface area contributed by atoms with E-state index in [1.165, 1.54) is 0 Å². The molecule has 2 unspecified atom stereocenters. The number of nitrogens with zero attached hydrogens (tertiary/aromatic N) is 1. The van der Waals surface area contributed by atoms with Crippen molar-refractivity contribution in [1.29, 1.82) is 0 Å². The van der Waals surface area contributed by atoms with Gasteiger partial charge in [0.1, 0.15) is 0 Å². The van der Waals surface area contributed by atoms with Crippen LogP contribution in [-0.2, 0) is 0 Å². The van der Waals surface area contributed by atoms with Gasteiger partial charge in [0, 0.05) is 25.3 Å². The van der Waals surface area contributed by atoms with Crippen molar-refractivity contribution in [2.75, 3.05) is 13.1 Å². The highest BCUT2D eigenvalue weighted by Crippen LogP contribution is 2.29. The van der Waals surface area contributed by atoms with Crippen molar-refractivity contribution in [3.05, 3.63) is 24.3 Å². The van der Waals surface area contributed by atoms with Gasteiger partial charge in [-0.1, -0.05) is 32.6 Å². The lowest BCUT2D eigenvalue weighted by Gasteiger charge is -2.20. The van der Waals surface area contributed by atoms with E-state index in [-0.39, 0.29) is 11.5 Å². The van der Waals surface area contributed by atoms with Gasteiger partial charge in [0.05, 0.1) is 6.10 Å². The summed E-state index contributed by atoms with van der Waals surface area (Å²) in [6.45, 7) is 11.8. The number of aliphatic imine (C=N–C) groups is 1. The summed E-state index contributed by atoms with van der Waals surface area (Å²) in [5.74, 6) is 0. The van der Waals surface area contributed by atoms with E-state index in [4.69, 9.17) is 0 Å². The molecule has 17 heavy (non-hydrogen) atoms. The van der Waals surface area contributed by atoms with E-state index < -0.39 is 6.10 Å². The number of hydrogen-bond acceptors (Lipinski definition) is 3. The van der Waals surface area contributed by atoms with Crippen LogP contribution in [0.5, 0.6) is 0 Å². The molecule has 0 aromatic heterocycles. The molecule has 96 valence electrons. The van der Waals surface area contributed by atoms with E-state index >= 15 is 0 Å². The molecule has 0 aliphatic carbocycles. The summed E-state index contributed by atoms with van der Waals surface area (Å²) >= 11 is 0. The fraction of sp³-hybridized carbons (Fsp3) is 0.643. The number of hydrogen-bond donors (Lipinski definition) is 2. The Balaban J connectivity index is 2.72. The fourth-order valence-corrected chi connectivity index (χ4v) is 2.15. The van der Waals surface area contributed by atoms with Crippen LogP contribution in [0.15, 0.2) is 29.3 Å². The minimum absolute atomic E-state index is 0.111. The molecule has 1 saturated heterocycles. The first-order chi connectivity index (χ1) is 8.00. The van der Waals surface area contributed by atoms with E-state index in [1.54, 1.807) is 12.3 Å². The monoisotopic (exact) mass is 236 g/mol. The fourth-order valence-electron chi connectivity index (χ4n) is 2.15. The van der Waals surface area contributed by atoms with Gasteiger partial charge in [0.2, 0.25) is 0 Å². The lowest BCUT2D eigenvalue weighted by Crippen LogP contribution is -2.36. The number of rotatable bonds is 5. The third-order valence-electron chi connectivity index (χ3n) is 3.07. The summed E-state index contributed by atoms with van der Waals surface area (Å²) in [5.41, 5.74) is 1.09. The largest absolute Gasteiger partial charge is 0.387 e. The molecule has 1 fully saturated rings. The van der Waals surface area contributed by atoms with E-state index in [0.29, 0.717) is 0 Å². The molecule has 0 spiro atoms. The Bertz CT molecular complexity index is 318. The van der Waals surface area contributed by atoms with Gasteiger partial charge in [-0.2, -0.15) is 0 Å². The Kier molecular flexibility index (Phi) is 5.09. The molecule has 0 amide bonds. The Morgan fingerprint density at radius 1 is 1.65 bits per heavy atom. The summed E-state index contributed by atoms with van der Waals surface area (Å²) in [4.78, 5) is 4.19. The molecule has 0 radical (unpaired) electrons. The van der Waals surface area contributed by atoms with Gasteiger partial charge < -0.3 is 10.4 Å². The zero-order chi connectivity index (χ0) is 12.9. The first-order valence-corrected chi connectivity index (χ1v) is 6.24. The number of aliphatic hydroxyl groups excluding tert-OH is 1. The zero-order valence-electron chi connectivity index (χ0n) is 11.1. The SMILES string of the molecule is C=C/C=C(\C=N/CC)C(O)C1CC(C)(C)CN1. The number of aliphatic hydroxyl groups is 1. The third kappa shape index (κ3) is 4.10. The Hall–Kier alpha value is -0.930. The summed E-state index contributed by atoms with van der Waals surface area (Å²) in [7, 11) is 0. The number of allylic oxidation sites excluding steroid dienone is 2. The minimum atomic E-state index is -0.509. The molecule has 1 heterocycles. The van der Waals surface area contributed by atoms with Gasteiger partial charge in [-0.3, -0.25) is 4.99 Å². The number of nitrogens with one attached hydrogen (secondary N) is 1. The summed E-state index contributed by atoms with van der Waals surface area (Å²) in [5, 5.41) is 13.7. The minimum Gasteiger partial charge on any atom is -0.387 e. The molecule has 1 aliphatic rings. The maximum atomic E-state index is 10.3. The highest BCUT2D eigenvalue weighted by atomic mass is 16.3.